The maximum absolute atomic E-state index is 14.7. The molecular weight excluding hydrogens is 474 g/mol. The van der Waals surface area contributed by atoms with Gasteiger partial charge in [0.2, 0.25) is 0 Å². The van der Waals surface area contributed by atoms with E-state index in [9.17, 15) is 18.4 Å². The van der Waals surface area contributed by atoms with Crippen LogP contribution < -0.4 is 16.0 Å². The fourth-order valence-corrected chi connectivity index (χ4v) is 5.10. The first-order chi connectivity index (χ1) is 17.4. The minimum atomic E-state index is -1.19. The summed E-state index contributed by atoms with van der Waals surface area (Å²) in [4.78, 5) is 25.7. The second-order valence-corrected chi connectivity index (χ2v) is 9.51. The first-order valence-corrected chi connectivity index (χ1v) is 12.7. The third-order valence-electron chi connectivity index (χ3n) is 6.87. The number of benzene rings is 1. The maximum Gasteiger partial charge on any atom is 0.404 e. The highest BCUT2D eigenvalue weighted by Gasteiger charge is 2.34. The normalized spacial score (nSPS) is 20.5. The van der Waals surface area contributed by atoms with Crippen LogP contribution in [-0.2, 0) is 9.47 Å². The number of ether oxygens (including phenoxy) is 2. The standard InChI is InChI=1S/C25H38F2N4O5/c1-28-15-19(14-17-7-11-35-12-8-17)30-24(32)31-10-3-4-18(16-31)23(36-13-9-29-25(33)34)20-5-2-6-21(26)22(20)27/h2,5-6,17-19,23,28-29H,3-4,7-16H2,1H3,(H,30,32)(H,33,34). The first-order valence-electron chi connectivity index (χ1n) is 12.7. The van der Waals surface area contributed by atoms with Gasteiger partial charge in [-0.05, 0) is 51.1 Å². The van der Waals surface area contributed by atoms with Gasteiger partial charge in [0.05, 0.1) is 12.7 Å². The summed E-state index contributed by atoms with van der Waals surface area (Å²) < 4.78 is 40.0. The van der Waals surface area contributed by atoms with Crippen molar-refractivity contribution in [3.8, 4) is 0 Å². The number of likely N-dealkylation sites (N-methyl/N-ethyl adjacent to an activating group) is 1. The summed E-state index contributed by atoms with van der Waals surface area (Å²) in [5.74, 6) is -1.73. The molecule has 3 atom stereocenters. The molecule has 3 rings (SSSR count). The van der Waals surface area contributed by atoms with Crippen molar-refractivity contribution in [1.29, 1.82) is 0 Å². The van der Waals surface area contributed by atoms with E-state index in [1.807, 2.05) is 7.05 Å². The summed E-state index contributed by atoms with van der Waals surface area (Å²) in [5.41, 5.74) is 0.0742. The summed E-state index contributed by atoms with van der Waals surface area (Å²) in [5, 5.41) is 17.3. The predicted molar refractivity (Wildman–Crippen MR) is 130 cm³/mol. The van der Waals surface area contributed by atoms with E-state index < -0.39 is 23.8 Å². The van der Waals surface area contributed by atoms with Gasteiger partial charge < -0.3 is 35.4 Å². The largest absolute Gasteiger partial charge is 0.465 e. The van der Waals surface area contributed by atoms with Gasteiger partial charge in [-0.25, -0.2) is 18.4 Å². The van der Waals surface area contributed by atoms with Gasteiger partial charge in [-0.15, -0.1) is 0 Å². The summed E-state index contributed by atoms with van der Waals surface area (Å²) in [6, 6.07) is 3.73. The third-order valence-corrected chi connectivity index (χ3v) is 6.87. The van der Waals surface area contributed by atoms with Crippen LogP contribution in [0.1, 0.15) is 43.8 Å². The second-order valence-electron chi connectivity index (χ2n) is 9.51. The second kappa shape index (κ2) is 14.3. The lowest BCUT2D eigenvalue weighted by Crippen LogP contribution is -2.52. The van der Waals surface area contributed by atoms with E-state index in [-0.39, 0.29) is 36.7 Å². The number of nitrogens with zero attached hydrogens (tertiary/aromatic N) is 1. The topological polar surface area (TPSA) is 112 Å². The lowest BCUT2D eigenvalue weighted by atomic mass is 9.88. The van der Waals surface area contributed by atoms with Crippen molar-refractivity contribution < 1.29 is 33.0 Å². The minimum Gasteiger partial charge on any atom is -0.465 e. The van der Waals surface area contributed by atoms with E-state index in [2.05, 4.69) is 16.0 Å². The van der Waals surface area contributed by atoms with Gasteiger partial charge in [-0.2, -0.15) is 0 Å². The molecule has 1 aromatic carbocycles. The van der Waals surface area contributed by atoms with E-state index in [4.69, 9.17) is 14.6 Å². The number of amides is 3. The zero-order chi connectivity index (χ0) is 25.9. The fourth-order valence-electron chi connectivity index (χ4n) is 5.10. The molecular formula is C25H38F2N4O5. The number of carboxylic acid groups (broad SMARTS) is 1. The highest BCUT2D eigenvalue weighted by Crippen LogP contribution is 2.35. The lowest BCUT2D eigenvalue weighted by molar-refractivity contribution is -0.0108. The Kier molecular flexibility index (Phi) is 11.1. The molecule has 0 spiro atoms. The molecule has 0 radical (unpaired) electrons. The molecule has 0 bridgehead atoms. The summed E-state index contributed by atoms with van der Waals surface area (Å²) in [6.07, 6.45) is 2.18. The van der Waals surface area contributed by atoms with Crippen LogP contribution >= 0.6 is 0 Å². The number of urea groups is 1. The monoisotopic (exact) mass is 512 g/mol. The molecule has 36 heavy (non-hydrogen) atoms. The Morgan fingerprint density at radius 1 is 1.25 bits per heavy atom. The molecule has 1 aromatic rings. The van der Waals surface area contributed by atoms with Gasteiger partial charge >= 0.3 is 12.1 Å². The van der Waals surface area contributed by atoms with Gasteiger partial charge in [-0.1, -0.05) is 12.1 Å². The highest BCUT2D eigenvalue weighted by atomic mass is 19.2. The smallest absolute Gasteiger partial charge is 0.404 e. The number of hydrogen-bond donors (Lipinski definition) is 4. The highest BCUT2D eigenvalue weighted by molar-refractivity contribution is 5.74. The van der Waals surface area contributed by atoms with Crippen LogP contribution in [0.3, 0.4) is 0 Å². The fraction of sp³-hybridized carbons (Fsp3) is 0.680. The predicted octanol–water partition coefficient (Wildman–Crippen LogP) is 3.12. The molecule has 2 saturated heterocycles. The molecule has 9 nitrogen and oxygen atoms in total. The van der Waals surface area contributed by atoms with Crippen molar-refractivity contribution in [3.63, 3.8) is 0 Å². The molecule has 202 valence electrons. The van der Waals surface area contributed by atoms with Gasteiger partial charge in [0, 0.05) is 56.9 Å². The van der Waals surface area contributed by atoms with Gasteiger partial charge in [0.1, 0.15) is 0 Å². The lowest BCUT2D eigenvalue weighted by Gasteiger charge is -2.38. The average Bonchev–Trinajstić information content (AvgIpc) is 2.87. The number of nitrogens with one attached hydrogen (secondary N) is 3. The quantitative estimate of drug-likeness (QED) is 0.339. The number of piperidine rings is 1. The zero-order valence-corrected chi connectivity index (χ0v) is 20.8. The van der Waals surface area contributed by atoms with E-state index in [1.165, 1.54) is 12.1 Å². The molecule has 11 heteroatoms. The van der Waals surface area contributed by atoms with Crippen LogP contribution in [0, 0.1) is 23.5 Å². The van der Waals surface area contributed by atoms with Crippen LogP contribution in [0.4, 0.5) is 18.4 Å². The molecule has 3 amide bonds. The van der Waals surface area contributed by atoms with Crippen LogP contribution in [0.15, 0.2) is 18.2 Å². The Hall–Kier alpha value is -2.50. The molecule has 2 heterocycles. The molecule has 2 aliphatic heterocycles. The van der Waals surface area contributed by atoms with E-state index >= 15 is 0 Å². The summed E-state index contributed by atoms with van der Waals surface area (Å²) in [6.45, 7) is 3.03. The number of carbonyl (C=O) groups is 2. The van der Waals surface area contributed by atoms with Crippen LogP contribution in [-0.4, -0.2) is 81.2 Å². The Bertz CT molecular complexity index is 856. The Morgan fingerprint density at radius 2 is 2.03 bits per heavy atom. The Balaban J connectivity index is 1.66. The third kappa shape index (κ3) is 8.28. The van der Waals surface area contributed by atoms with Crippen LogP contribution in [0.5, 0.6) is 0 Å². The van der Waals surface area contributed by atoms with Crippen LogP contribution in [0.2, 0.25) is 0 Å². The number of halogens is 2. The van der Waals surface area contributed by atoms with Crippen molar-refractivity contribution in [1.82, 2.24) is 20.9 Å². The zero-order valence-electron chi connectivity index (χ0n) is 20.8. The molecule has 0 aromatic heterocycles. The van der Waals surface area contributed by atoms with Crippen molar-refractivity contribution in [3.05, 3.63) is 35.4 Å². The van der Waals surface area contributed by atoms with Crippen molar-refractivity contribution in [2.24, 2.45) is 11.8 Å². The number of rotatable bonds is 11. The minimum absolute atomic E-state index is 0.00897. The Labute approximate surface area is 210 Å². The number of likely N-dealkylation sites (tertiary alicyclic amines) is 1. The van der Waals surface area contributed by atoms with Crippen LogP contribution in [0.25, 0.3) is 0 Å². The molecule has 3 unspecified atom stereocenters. The van der Waals surface area contributed by atoms with E-state index in [0.717, 1.165) is 38.5 Å². The van der Waals surface area contributed by atoms with Gasteiger partial charge in [0.15, 0.2) is 11.6 Å². The SMILES string of the molecule is CNCC(CC1CCOCC1)NC(=O)N1CCCC(C(OCCNC(=O)O)c2cccc(F)c2F)C1. The molecule has 2 aliphatic rings. The maximum atomic E-state index is 14.7. The summed E-state index contributed by atoms with van der Waals surface area (Å²) in [7, 11) is 1.86. The van der Waals surface area contributed by atoms with Crippen molar-refractivity contribution in [2.45, 2.75) is 44.2 Å². The molecule has 0 saturated carbocycles. The van der Waals surface area contributed by atoms with Crippen molar-refractivity contribution >= 4 is 12.1 Å². The molecule has 4 N–H and O–H groups in total. The summed E-state index contributed by atoms with van der Waals surface area (Å²) >= 11 is 0. The van der Waals surface area contributed by atoms with E-state index in [1.54, 1.807) is 4.90 Å². The first kappa shape index (κ1) is 28.1. The molecule has 2 fully saturated rings. The average molecular weight is 513 g/mol. The van der Waals surface area contributed by atoms with E-state index in [0.29, 0.717) is 38.4 Å². The van der Waals surface area contributed by atoms with Gasteiger partial charge in [0.25, 0.3) is 0 Å². The molecule has 0 aliphatic carbocycles. The van der Waals surface area contributed by atoms with Crippen molar-refractivity contribution in [2.75, 3.05) is 53.0 Å². The van der Waals surface area contributed by atoms with Gasteiger partial charge in [-0.3, -0.25) is 0 Å². The number of hydrogen-bond acceptors (Lipinski definition) is 5. The number of carbonyl (C=O) groups excluding carboxylic acids is 1. The Morgan fingerprint density at radius 3 is 2.75 bits per heavy atom.